The fourth-order valence-electron chi connectivity index (χ4n) is 3.26. The Morgan fingerprint density at radius 3 is 2.64 bits per heavy atom. The van der Waals surface area contributed by atoms with Crippen molar-refractivity contribution in [2.24, 2.45) is 5.73 Å². The van der Waals surface area contributed by atoms with Gasteiger partial charge in [0.1, 0.15) is 12.0 Å². The molecule has 148 valence electrons. The van der Waals surface area contributed by atoms with E-state index in [4.69, 9.17) is 5.73 Å². The molecule has 1 aromatic carbocycles. The first-order valence-electron chi connectivity index (χ1n) is 9.09. The van der Waals surface area contributed by atoms with Gasteiger partial charge in [0, 0.05) is 32.2 Å². The van der Waals surface area contributed by atoms with Crippen molar-refractivity contribution in [1.82, 2.24) is 9.88 Å². The van der Waals surface area contributed by atoms with Gasteiger partial charge in [0.05, 0.1) is 16.6 Å². The Balaban J connectivity index is 1.73. The molecular weight excluding hydrogens is 362 g/mol. The van der Waals surface area contributed by atoms with Crippen LogP contribution in [-0.4, -0.2) is 45.0 Å². The molecule has 0 aliphatic carbocycles. The summed E-state index contributed by atoms with van der Waals surface area (Å²) < 4.78 is 0. The van der Waals surface area contributed by atoms with Gasteiger partial charge in [-0.05, 0) is 24.0 Å². The molecule has 2 heterocycles. The van der Waals surface area contributed by atoms with Crippen molar-refractivity contribution in [2.45, 2.75) is 32.0 Å². The molecule has 0 spiro atoms. The fourth-order valence-corrected chi connectivity index (χ4v) is 3.26. The molecule has 1 amide bonds. The van der Waals surface area contributed by atoms with Crippen molar-refractivity contribution >= 4 is 17.4 Å². The van der Waals surface area contributed by atoms with Crippen molar-refractivity contribution in [1.29, 1.82) is 0 Å². The minimum Gasteiger partial charge on any atom is -0.393 e. The lowest BCUT2D eigenvalue weighted by molar-refractivity contribution is -0.385. The molecule has 4 N–H and O–H groups in total. The standard InChI is InChI=1S/C19H23N5O4/c20-18(26)17-9-15(24(27)28)11-22-19(17)21-10-13-3-1-2-4-14(13)12-23-7-5-16(25)6-8-23/h1-4,9,11,16,25H,5-8,10,12H2,(H2,20,26)(H,21,22). The van der Waals surface area contributed by atoms with Crippen molar-refractivity contribution in [3.63, 3.8) is 0 Å². The minimum absolute atomic E-state index is 0.0169. The molecule has 0 unspecified atom stereocenters. The summed E-state index contributed by atoms with van der Waals surface area (Å²) in [6.07, 6.45) is 2.43. The second-order valence-corrected chi connectivity index (χ2v) is 6.84. The summed E-state index contributed by atoms with van der Waals surface area (Å²) in [5.74, 6) is -0.562. The second kappa shape index (κ2) is 8.77. The zero-order valence-corrected chi connectivity index (χ0v) is 15.4. The number of rotatable bonds is 7. The number of nitrogens with zero attached hydrogens (tertiary/aromatic N) is 3. The number of aromatic nitrogens is 1. The zero-order chi connectivity index (χ0) is 20.1. The van der Waals surface area contributed by atoms with Gasteiger partial charge in [-0.15, -0.1) is 0 Å². The lowest BCUT2D eigenvalue weighted by Crippen LogP contribution is -2.35. The maximum atomic E-state index is 11.7. The molecule has 0 bridgehead atoms. The maximum Gasteiger partial charge on any atom is 0.288 e. The number of benzene rings is 1. The van der Waals surface area contributed by atoms with Crippen LogP contribution >= 0.6 is 0 Å². The third-order valence-electron chi connectivity index (χ3n) is 4.87. The van der Waals surface area contributed by atoms with E-state index in [9.17, 15) is 20.0 Å². The molecule has 28 heavy (non-hydrogen) atoms. The van der Waals surface area contributed by atoms with E-state index >= 15 is 0 Å². The number of primary amides is 1. The Morgan fingerprint density at radius 1 is 1.32 bits per heavy atom. The first-order chi connectivity index (χ1) is 13.4. The minimum atomic E-state index is -0.779. The van der Waals surface area contributed by atoms with Crippen LogP contribution in [0.5, 0.6) is 0 Å². The van der Waals surface area contributed by atoms with Crippen molar-refractivity contribution in [3.8, 4) is 0 Å². The van der Waals surface area contributed by atoms with E-state index in [1.54, 1.807) is 0 Å². The van der Waals surface area contributed by atoms with Crippen LogP contribution in [-0.2, 0) is 13.1 Å². The summed E-state index contributed by atoms with van der Waals surface area (Å²) in [6, 6.07) is 9.05. The Labute approximate surface area is 162 Å². The van der Waals surface area contributed by atoms with E-state index in [1.807, 2.05) is 24.3 Å². The quantitative estimate of drug-likeness (QED) is 0.487. The van der Waals surface area contributed by atoms with Gasteiger partial charge in [-0.3, -0.25) is 19.8 Å². The topological polar surface area (TPSA) is 135 Å². The lowest BCUT2D eigenvalue weighted by Gasteiger charge is -2.30. The van der Waals surface area contributed by atoms with Gasteiger partial charge >= 0.3 is 0 Å². The Kier molecular flexibility index (Phi) is 6.17. The highest BCUT2D eigenvalue weighted by molar-refractivity contribution is 5.98. The van der Waals surface area contributed by atoms with E-state index in [-0.39, 0.29) is 23.2 Å². The third kappa shape index (κ3) is 4.81. The Morgan fingerprint density at radius 2 is 2.00 bits per heavy atom. The Hall–Kier alpha value is -3.04. The van der Waals surface area contributed by atoms with Gasteiger partial charge in [-0.2, -0.15) is 0 Å². The van der Waals surface area contributed by atoms with Crippen molar-refractivity contribution in [2.75, 3.05) is 18.4 Å². The molecule has 1 aromatic heterocycles. The highest BCUT2D eigenvalue weighted by Crippen LogP contribution is 2.21. The number of nitrogens with one attached hydrogen (secondary N) is 1. The van der Waals surface area contributed by atoms with Crippen molar-refractivity contribution in [3.05, 3.63) is 63.3 Å². The number of carbonyl (C=O) groups is 1. The van der Waals surface area contributed by atoms with Crippen LogP contribution in [0.15, 0.2) is 36.5 Å². The summed E-state index contributed by atoms with van der Waals surface area (Å²) in [4.78, 5) is 28.2. The third-order valence-corrected chi connectivity index (χ3v) is 4.87. The summed E-state index contributed by atoms with van der Waals surface area (Å²) in [5.41, 5.74) is 7.21. The second-order valence-electron chi connectivity index (χ2n) is 6.84. The van der Waals surface area contributed by atoms with E-state index in [1.165, 1.54) is 0 Å². The number of amides is 1. The molecule has 0 atom stereocenters. The van der Waals surface area contributed by atoms with Crippen LogP contribution in [0.4, 0.5) is 11.5 Å². The number of piperidine rings is 1. The number of nitro groups is 1. The smallest absolute Gasteiger partial charge is 0.288 e. The number of hydrogen-bond donors (Lipinski definition) is 3. The number of nitrogens with two attached hydrogens (primary N) is 1. The summed E-state index contributed by atoms with van der Waals surface area (Å²) >= 11 is 0. The molecule has 9 heteroatoms. The van der Waals surface area contributed by atoms with Gasteiger partial charge in [0.2, 0.25) is 0 Å². The Bertz CT molecular complexity index is 865. The number of anilines is 1. The highest BCUT2D eigenvalue weighted by atomic mass is 16.6. The van der Waals surface area contributed by atoms with Gasteiger partial charge < -0.3 is 16.2 Å². The van der Waals surface area contributed by atoms with Crippen LogP contribution in [0.3, 0.4) is 0 Å². The summed E-state index contributed by atoms with van der Waals surface area (Å²) in [7, 11) is 0. The number of carbonyl (C=O) groups excluding carboxylic acids is 1. The van der Waals surface area contributed by atoms with E-state index in [0.29, 0.717) is 6.54 Å². The summed E-state index contributed by atoms with van der Waals surface area (Å²) in [5, 5.41) is 23.6. The highest BCUT2D eigenvalue weighted by Gasteiger charge is 2.19. The van der Waals surface area contributed by atoms with Gasteiger partial charge in [0.15, 0.2) is 0 Å². The molecule has 0 saturated carbocycles. The normalized spacial score (nSPS) is 15.3. The number of aliphatic hydroxyl groups is 1. The van der Waals surface area contributed by atoms with Crippen LogP contribution < -0.4 is 11.1 Å². The number of hydrogen-bond acceptors (Lipinski definition) is 7. The molecule has 3 rings (SSSR count). The molecule has 1 fully saturated rings. The monoisotopic (exact) mass is 385 g/mol. The van der Waals surface area contributed by atoms with Crippen molar-refractivity contribution < 1.29 is 14.8 Å². The van der Waals surface area contributed by atoms with E-state index in [2.05, 4.69) is 15.2 Å². The number of pyridine rings is 1. The molecule has 9 nitrogen and oxygen atoms in total. The first-order valence-corrected chi connectivity index (χ1v) is 9.09. The molecular formula is C19H23N5O4. The van der Waals surface area contributed by atoms with Gasteiger partial charge in [0.25, 0.3) is 11.6 Å². The number of aliphatic hydroxyl groups excluding tert-OH is 1. The fraction of sp³-hybridized carbons (Fsp3) is 0.368. The molecule has 2 aromatic rings. The molecule has 1 aliphatic heterocycles. The van der Waals surface area contributed by atoms with Gasteiger partial charge in [-0.25, -0.2) is 4.98 Å². The van der Waals surface area contributed by atoms with E-state index in [0.717, 1.165) is 55.9 Å². The lowest BCUT2D eigenvalue weighted by atomic mass is 10.0. The average Bonchev–Trinajstić information content (AvgIpc) is 2.68. The van der Waals surface area contributed by atoms with E-state index < -0.39 is 10.8 Å². The molecule has 1 saturated heterocycles. The SMILES string of the molecule is NC(=O)c1cc([N+](=O)[O-])cnc1NCc1ccccc1CN1CCC(O)CC1. The first kappa shape index (κ1) is 19.7. The largest absolute Gasteiger partial charge is 0.393 e. The van der Waals surface area contributed by atoms with Crippen LogP contribution in [0.25, 0.3) is 0 Å². The maximum absolute atomic E-state index is 11.7. The number of likely N-dealkylation sites (tertiary alicyclic amines) is 1. The molecule has 1 aliphatic rings. The van der Waals surface area contributed by atoms with Crippen LogP contribution in [0, 0.1) is 10.1 Å². The van der Waals surface area contributed by atoms with Gasteiger partial charge in [-0.1, -0.05) is 24.3 Å². The van der Waals surface area contributed by atoms with Crippen LogP contribution in [0.2, 0.25) is 0 Å². The zero-order valence-electron chi connectivity index (χ0n) is 15.4. The average molecular weight is 385 g/mol. The molecule has 0 radical (unpaired) electrons. The van der Waals surface area contributed by atoms with Crippen LogP contribution in [0.1, 0.15) is 34.3 Å². The predicted molar refractivity (Wildman–Crippen MR) is 104 cm³/mol. The summed E-state index contributed by atoms with van der Waals surface area (Å²) in [6.45, 7) is 2.86. The predicted octanol–water partition coefficient (Wildman–Crippen LogP) is 1.66.